The fourth-order valence-corrected chi connectivity index (χ4v) is 2.01. The minimum absolute atomic E-state index is 0.174. The van der Waals surface area contributed by atoms with Gasteiger partial charge in [0.15, 0.2) is 0 Å². The molecule has 1 heterocycles. The summed E-state index contributed by atoms with van der Waals surface area (Å²) in [6, 6.07) is 7.72. The van der Waals surface area contributed by atoms with E-state index < -0.39 is 5.97 Å². The Kier molecular flexibility index (Phi) is 3.80. The number of nitrogens with zero attached hydrogens (tertiary/aromatic N) is 1. The summed E-state index contributed by atoms with van der Waals surface area (Å²) < 4.78 is 0. The van der Waals surface area contributed by atoms with Crippen molar-refractivity contribution >= 4 is 17.3 Å². The maximum Gasteiger partial charge on any atom is 0.339 e. The van der Waals surface area contributed by atoms with Gasteiger partial charge < -0.3 is 10.4 Å². The standard InChI is InChI=1S/C15H16N2O2/c1-3-11-6-4-5-10(2)14(11)17-13-7-8-16-9-12(13)15(18)19/h4-9H,3H2,1-2H3,(H,16,17)(H,18,19). The lowest BCUT2D eigenvalue weighted by atomic mass is 10.1. The maximum absolute atomic E-state index is 11.2. The van der Waals surface area contributed by atoms with Crippen molar-refractivity contribution in [3.8, 4) is 0 Å². The van der Waals surface area contributed by atoms with E-state index in [1.54, 1.807) is 12.3 Å². The van der Waals surface area contributed by atoms with Crippen LogP contribution in [-0.2, 0) is 6.42 Å². The number of benzene rings is 1. The molecule has 0 amide bonds. The molecule has 0 fully saturated rings. The number of nitrogens with one attached hydrogen (secondary N) is 1. The number of carboxylic acids is 1. The number of anilines is 2. The maximum atomic E-state index is 11.2. The third-order valence-electron chi connectivity index (χ3n) is 3.05. The molecule has 0 aliphatic heterocycles. The van der Waals surface area contributed by atoms with Crippen LogP contribution in [0.25, 0.3) is 0 Å². The summed E-state index contributed by atoms with van der Waals surface area (Å²) in [6.45, 7) is 4.08. The van der Waals surface area contributed by atoms with Gasteiger partial charge in [-0.15, -0.1) is 0 Å². The molecule has 4 nitrogen and oxygen atoms in total. The molecule has 0 aliphatic carbocycles. The Labute approximate surface area is 112 Å². The zero-order valence-corrected chi connectivity index (χ0v) is 11.0. The molecule has 0 bridgehead atoms. The van der Waals surface area contributed by atoms with E-state index in [0.717, 1.165) is 23.2 Å². The van der Waals surface area contributed by atoms with E-state index in [4.69, 9.17) is 5.11 Å². The molecule has 0 unspecified atom stereocenters. The first kappa shape index (κ1) is 13.1. The van der Waals surface area contributed by atoms with Gasteiger partial charge in [-0.2, -0.15) is 0 Å². The van der Waals surface area contributed by atoms with Gasteiger partial charge in [-0.3, -0.25) is 4.98 Å². The quantitative estimate of drug-likeness (QED) is 0.880. The first-order valence-corrected chi connectivity index (χ1v) is 6.16. The van der Waals surface area contributed by atoms with Gasteiger partial charge in [0.05, 0.1) is 5.69 Å². The van der Waals surface area contributed by atoms with Crippen molar-refractivity contribution < 1.29 is 9.90 Å². The lowest BCUT2D eigenvalue weighted by molar-refractivity contribution is 0.0697. The van der Waals surface area contributed by atoms with Gasteiger partial charge in [-0.05, 0) is 30.5 Å². The van der Waals surface area contributed by atoms with Crippen LogP contribution in [-0.4, -0.2) is 16.1 Å². The van der Waals surface area contributed by atoms with Crippen molar-refractivity contribution in [1.82, 2.24) is 4.98 Å². The van der Waals surface area contributed by atoms with Crippen molar-refractivity contribution in [1.29, 1.82) is 0 Å². The van der Waals surface area contributed by atoms with Gasteiger partial charge in [0.25, 0.3) is 0 Å². The zero-order valence-electron chi connectivity index (χ0n) is 11.0. The second kappa shape index (κ2) is 5.52. The summed E-state index contributed by atoms with van der Waals surface area (Å²) in [7, 11) is 0. The first-order valence-electron chi connectivity index (χ1n) is 6.16. The number of aryl methyl sites for hydroxylation is 2. The molecule has 0 aliphatic rings. The van der Waals surface area contributed by atoms with Crippen LogP contribution < -0.4 is 5.32 Å². The Hall–Kier alpha value is -2.36. The van der Waals surface area contributed by atoms with Crippen LogP contribution in [0.15, 0.2) is 36.7 Å². The molecule has 1 aromatic carbocycles. The monoisotopic (exact) mass is 256 g/mol. The molecule has 98 valence electrons. The molecule has 0 saturated heterocycles. The Balaban J connectivity index is 2.45. The molecular weight excluding hydrogens is 240 g/mol. The number of aromatic carboxylic acids is 1. The molecule has 0 atom stereocenters. The summed E-state index contributed by atoms with van der Waals surface area (Å²) in [4.78, 5) is 15.0. The molecule has 19 heavy (non-hydrogen) atoms. The Morgan fingerprint density at radius 3 is 2.84 bits per heavy atom. The molecule has 0 spiro atoms. The molecule has 4 heteroatoms. The Morgan fingerprint density at radius 2 is 2.16 bits per heavy atom. The summed E-state index contributed by atoms with van der Waals surface area (Å²) in [6.07, 6.45) is 3.82. The fourth-order valence-electron chi connectivity index (χ4n) is 2.01. The van der Waals surface area contributed by atoms with E-state index in [1.165, 1.54) is 6.20 Å². The highest BCUT2D eigenvalue weighted by molar-refractivity contribution is 5.95. The van der Waals surface area contributed by atoms with Crippen LogP contribution in [0.4, 0.5) is 11.4 Å². The molecule has 0 saturated carbocycles. The highest BCUT2D eigenvalue weighted by Crippen LogP contribution is 2.26. The molecule has 2 N–H and O–H groups in total. The number of pyridine rings is 1. The summed E-state index contributed by atoms with van der Waals surface area (Å²) in [5.41, 5.74) is 3.96. The lowest BCUT2D eigenvalue weighted by Gasteiger charge is -2.15. The van der Waals surface area contributed by atoms with Crippen molar-refractivity contribution in [3.05, 3.63) is 53.3 Å². The third kappa shape index (κ3) is 2.73. The van der Waals surface area contributed by atoms with E-state index in [0.29, 0.717) is 5.69 Å². The molecule has 2 aromatic rings. The summed E-state index contributed by atoms with van der Waals surface area (Å²) in [5, 5.41) is 12.4. The second-order valence-electron chi connectivity index (χ2n) is 4.31. The molecule has 0 radical (unpaired) electrons. The van der Waals surface area contributed by atoms with Gasteiger partial charge in [0.2, 0.25) is 0 Å². The fraction of sp³-hybridized carbons (Fsp3) is 0.200. The van der Waals surface area contributed by atoms with E-state index >= 15 is 0 Å². The zero-order chi connectivity index (χ0) is 13.8. The van der Waals surface area contributed by atoms with Crippen molar-refractivity contribution in [2.24, 2.45) is 0 Å². The van der Waals surface area contributed by atoms with Crippen LogP contribution in [0.3, 0.4) is 0 Å². The summed E-state index contributed by atoms with van der Waals surface area (Å²) in [5.74, 6) is -0.984. The molecule has 2 rings (SSSR count). The van der Waals surface area contributed by atoms with Gasteiger partial charge >= 0.3 is 5.97 Å². The van der Waals surface area contributed by atoms with Gasteiger partial charge in [0.1, 0.15) is 5.56 Å². The van der Waals surface area contributed by atoms with E-state index in [1.807, 2.05) is 25.1 Å². The normalized spacial score (nSPS) is 10.2. The number of carboxylic acid groups (broad SMARTS) is 1. The van der Waals surface area contributed by atoms with Crippen LogP contribution >= 0.6 is 0 Å². The van der Waals surface area contributed by atoms with Crippen LogP contribution in [0.2, 0.25) is 0 Å². The smallest absolute Gasteiger partial charge is 0.339 e. The van der Waals surface area contributed by atoms with Gasteiger partial charge in [-0.1, -0.05) is 25.1 Å². The third-order valence-corrected chi connectivity index (χ3v) is 3.05. The van der Waals surface area contributed by atoms with E-state index in [9.17, 15) is 4.79 Å². The lowest BCUT2D eigenvalue weighted by Crippen LogP contribution is -2.05. The second-order valence-corrected chi connectivity index (χ2v) is 4.31. The number of hydrogen-bond donors (Lipinski definition) is 2. The largest absolute Gasteiger partial charge is 0.478 e. The Bertz CT molecular complexity index is 609. The van der Waals surface area contributed by atoms with Crippen LogP contribution in [0.5, 0.6) is 0 Å². The van der Waals surface area contributed by atoms with E-state index in [-0.39, 0.29) is 5.56 Å². The van der Waals surface area contributed by atoms with Crippen molar-refractivity contribution in [2.45, 2.75) is 20.3 Å². The number of hydrogen-bond acceptors (Lipinski definition) is 3. The van der Waals surface area contributed by atoms with Crippen molar-refractivity contribution in [2.75, 3.05) is 5.32 Å². The average Bonchev–Trinajstić information content (AvgIpc) is 2.41. The highest BCUT2D eigenvalue weighted by atomic mass is 16.4. The van der Waals surface area contributed by atoms with Gasteiger partial charge in [0, 0.05) is 18.1 Å². The predicted octanol–water partition coefficient (Wildman–Crippen LogP) is 3.39. The summed E-state index contributed by atoms with van der Waals surface area (Å²) >= 11 is 0. The van der Waals surface area contributed by atoms with Crippen LogP contribution in [0.1, 0.15) is 28.4 Å². The Morgan fingerprint density at radius 1 is 1.37 bits per heavy atom. The minimum Gasteiger partial charge on any atom is -0.478 e. The van der Waals surface area contributed by atoms with Gasteiger partial charge in [-0.25, -0.2) is 4.79 Å². The number of aromatic nitrogens is 1. The predicted molar refractivity (Wildman–Crippen MR) is 75.0 cm³/mol. The highest BCUT2D eigenvalue weighted by Gasteiger charge is 2.12. The van der Waals surface area contributed by atoms with Crippen LogP contribution in [0, 0.1) is 6.92 Å². The topological polar surface area (TPSA) is 62.2 Å². The molecular formula is C15H16N2O2. The SMILES string of the molecule is CCc1cccc(C)c1Nc1ccncc1C(=O)O. The average molecular weight is 256 g/mol. The number of carbonyl (C=O) groups is 1. The van der Waals surface area contributed by atoms with E-state index in [2.05, 4.69) is 17.2 Å². The number of para-hydroxylation sites is 1. The van der Waals surface area contributed by atoms with Crippen molar-refractivity contribution in [3.63, 3.8) is 0 Å². The first-order chi connectivity index (χ1) is 9.13. The molecule has 1 aromatic heterocycles. The minimum atomic E-state index is -0.984. The number of rotatable bonds is 4.